The zero-order valence-electron chi connectivity index (χ0n) is 11.8. The van der Waals surface area contributed by atoms with Crippen LogP contribution in [0.15, 0.2) is 18.2 Å². The fourth-order valence-corrected chi connectivity index (χ4v) is 2.58. The number of hydrogen-bond acceptors (Lipinski definition) is 4. The molecule has 1 heterocycles. The standard InChI is InChI=1S/C15H22N2O3/c1-17-7-3-2-4-12(17)8-15(20)16-10-11-5-6-13(18)9-14(11)19/h5-6,9,12,18-19H,2-4,7-8,10H2,1H3,(H,16,20)/t12-/m1/s1. The third-order valence-electron chi connectivity index (χ3n) is 3.89. The molecule has 1 aliphatic heterocycles. The van der Waals surface area contributed by atoms with E-state index in [1.807, 2.05) is 0 Å². The van der Waals surface area contributed by atoms with E-state index in [4.69, 9.17) is 0 Å². The highest BCUT2D eigenvalue weighted by molar-refractivity contribution is 5.76. The number of carbonyl (C=O) groups excluding carboxylic acids is 1. The van der Waals surface area contributed by atoms with Crippen LogP contribution in [0.1, 0.15) is 31.2 Å². The average molecular weight is 278 g/mol. The first-order valence-corrected chi connectivity index (χ1v) is 7.04. The van der Waals surface area contributed by atoms with Crippen molar-refractivity contribution in [3.63, 3.8) is 0 Å². The molecule has 0 aromatic heterocycles. The van der Waals surface area contributed by atoms with Gasteiger partial charge >= 0.3 is 0 Å². The maximum Gasteiger partial charge on any atom is 0.221 e. The first kappa shape index (κ1) is 14.7. The van der Waals surface area contributed by atoms with Crippen LogP contribution in [0.25, 0.3) is 0 Å². The molecule has 1 aromatic carbocycles. The highest BCUT2D eigenvalue weighted by Crippen LogP contribution is 2.22. The largest absolute Gasteiger partial charge is 0.508 e. The van der Waals surface area contributed by atoms with Gasteiger partial charge in [0.1, 0.15) is 11.5 Å². The molecule has 0 saturated carbocycles. The van der Waals surface area contributed by atoms with Crippen LogP contribution < -0.4 is 5.32 Å². The molecular formula is C15H22N2O3. The molecule has 1 aromatic rings. The van der Waals surface area contributed by atoms with Gasteiger partial charge in [-0.1, -0.05) is 6.42 Å². The van der Waals surface area contributed by atoms with Crippen LogP contribution in [0.2, 0.25) is 0 Å². The Bertz CT molecular complexity index is 476. The van der Waals surface area contributed by atoms with Crippen molar-refractivity contribution in [2.45, 2.75) is 38.3 Å². The highest BCUT2D eigenvalue weighted by Gasteiger charge is 2.21. The third kappa shape index (κ3) is 3.87. The molecule has 0 spiro atoms. The van der Waals surface area contributed by atoms with Gasteiger partial charge in [-0.15, -0.1) is 0 Å². The predicted molar refractivity (Wildman–Crippen MR) is 76.5 cm³/mol. The number of nitrogens with zero attached hydrogens (tertiary/aromatic N) is 1. The lowest BCUT2D eigenvalue weighted by atomic mass is 10.00. The molecule has 1 saturated heterocycles. The molecule has 1 atom stereocenters. The van der Waals surface area contributed by atoms with E-state index in [2.05, 4.69) is 17.3 Å². The molecular weight excluding hydrogens is 256 g/mol. The Balaban J connectivity index is 1.82. The Morgan fingerprint density at radius 3 is 2.90 bits per heavy atom. The van der Waals surface area contributed by atoms with E-state index < -0.39 is 0 Å². The minimum Gasteiger partial charge on any atom is -0.508 e. The number of phenolic OH excluding ortho intramolecular Hbond substituents is 2. The van der Waals surface area contributed by atoms with Gasteiger partial charge in [-0.2, -0.15) is 0 Å². The van der Waals surface area contributed by atoms with Crippen molar-refractivity contribution in [2.75, 3.05) is 13.6 Å². The predicted octanol–water partition coefficient (Wildman–Crippen LogP) is 1.59. The van der Waals surface area contributed by atoms with Gasteiger partial charge in [0.2, 0.25) is 5.91 Å². The van der Waals surface area contributed by atoms with Crippen LogP contribution in [0, 0.1) is 0 Å². The number of likely N-dealkylation sites (tertiary alicyclic amines) is 1. The van der Waals surface area contributed by atoms with E-state index in [0.29, 0.717) is 18.0 Å². The first-order valence-electron chi connectivity index (χ1n) is 7.04. The molecule has 1 fully saturated rings. The quantitative estimate of drug-likeness (QED) is 0.782. The van der Waals surface area contributed by atoms with Crippen molar-refractivity contribution in [2.24, 2.45) is 0 Å². The van der Waals surface area contributed by atoms with E-state index >= 15 is 0 Å². The van der Waals surface area contributed by atoms with Gasteiger partial charge in [-0.25, -0.2) is 0 Å². The lowest BCUT2D eigenvalue weighted by Crippen LogP contribution is -2.40. The number of phenols is 2. The summed E-state index contributed by atoms with van der Waals surface area (Å²) in [6, 6.07) is 4.70. The summed E-state index contributed by atoms with van der Waals surface area (Å²) in [7, 11) is 2.06. The van der Waals surface area contributed by atoms with Crippen LogP contribution in [0.4, 0.5) is 0 Å². The molecule has 110 valence electrons. The molecule has 0 radical (unpaired) electrons. The number of benzene rings is 1. The number of piperidine rings is 1. The number of rotatable bonds is 4. The second kappa shape index (κ2) is 6.61. The van der Waals surface area contributed by atoms with Gasteiger partial charge in [0, 0.05) is 30.6 Å². The summed E-state index contributed by atoms with van der Waals surface area (Å²) in [6.07, 6.45) is 3.95. The molecule has 2 rings (SSSR count). The zero-order valence-corrected chi connectivity index (χ0v) is 11.8. The van der Waals surface area contributed by atoms with E-state index in [-0.39, 0.29) is 24.0 Å². The normalized spacial score (nSPS) is 19.8. The Kier molecular flexibility index (Phi) is 4.84. The van der Waals surface area contributed by atoms with Crippen LogP contribution in [-0.4, -0.2) is 40.7 Å². The summed E-state index contributed by atoms with van der Waals surface area (Å²) >= 11 is 0. The smallest absolute Gasteiger partial charge is 0.221 e. The topological polar surface area (TPSA) is 72.8 Å². The summed E-state index contributed by atoms with van der Waals surface area (Å²) in [5.74, 6) is 0.0118. The van der Waals surface area contributed by atoms with Crippen molar-refractivity contribution in [3.8, 4) is 11.5 Å². The number of amides is 1. The molecule has 0 bridgehead atoms. The molecule has 5 heteroatoms. The number of nitrogens with one attached hydrogen (secondary N) is 1. The number of hydrogen-bond donors (Lipinski definition) is 3. The minimum absolute atomic E-state index is 0.0000782. The first-order chi connectivity index (χ1) is 9.56. The Labute approximate surface area is 119 Å². The van der Waals surface area contributed by atoms with Gasteiger partial charge < -0.3 is 20.4 Å². The summed E-state index contributed by atoms with van der Waals surface area (Å²) < 4.78 is 0. The molecule has 20 heavy (non-hydrogen) atoms. The van der Waals surface area contributed by atoms with E-state index in [0.717, 1.165) is 13.0 Å². The van der Waals surface area contributed by atoms with Gasteiger partial charge in [-0.3, -0.25) is 4.79 Å². The fraction of sp³-hybridized carbons (Fsp3) is 0.533. The fourth-order valence-electron chi connectivity index (χ4n) is 2.58. The lowest BCUT2D eigenvalue weighted by Gasteiger charge is -2.31. The van der Waals surface area contributed by atoms with Crippen molar-refractivity contribution < 1.29 is 15.0 Å². The maximum atomic E-state index is 11.9. The van der Waals surface area contributed by atoms with Crippen LogP contribution in [0.3, 0.4) is 0 Å². The Morgan fingerprint density at radius 2 is 2.20 bits per heavy atom. The van der Waals surface area contributed by atoms with E-state index in [9.17, 15) is 15.0 Å². The Hall–Kier alpha value is -1.75. The molecule has 1 aliphatic rings. The summed E-state index contributed by atoms with van der Waals surface area (Å²) in [5.41, 5.74) is 0.605. The van der Waals surface area contributed by atoms with Crippen molar-refractivity contribution in [1.29, 1.82) is 0 Å². The van der Waals surface area contributed by atoms with Gasteiger partial charge in [0.05, 0.1) is 0 Å². The number of aromatic hydroxyl groups is 2. The third-order valence-corrected chi connectivity index (χ3v) is 3.89. The van der Waals surface area contributed by atoms with Gasteiger partial charge in [0.15, 0.2) is 0 Å². The van der Waals surface area contributed by atoms with Gasteiger partial charge in [-0.05, 0) is 38.6 Å². The van der Waals surface area contributed by atoms with Crippen molar-refractivity contribution in [3.05, 3.63) is 23.8 Å². The van der Waals surface area contributed by atoms with Crippen LogP contribution in [-0.2, 0) is 11.3 Å². The molecule has 5 nitrogen and oxygen atoms in total. The summed E-state index contributed by atoms with van der Waals surface area (Å²) in [6.45, 7) is 1.33. The van der Waals surface area contributed by atoms with Crippen molar-refractivity contribution in [1.82, 2.24) is 10.2 Å². The summed E-state index contributed by atoms with van der Waals surface area (Å²) in [5, 5.41) is 21.7. The van der Waals surface area contributed by atoms with Crippen LogP contribution in [0.5, 0.6) is 11.5 Å². The molecule has 0 aliphatic carbocycles. The number of carbonyl (C=O) groups is 1. The van der Waals surface area contributed by atoms with Gasteiger partial charge in [0.25, 0.3) is 0 Å². The van der Waals surface area contributed by atoms with Crippen LogP contribution >= 0.6 is 0 Å². The van der Waals surface area contributed by atoms with Crippen molar-refractivity contribution >= 4 is 5.91 Å². The zero-order chi connectivity index (χ0) is 14.5. The lowest BCUT2D eigenvalue weighted by molar-refractivity contribution is -0.122. The second-order valence-electron chi connectivity index (χ2n) is 5.42. The summed E-state index contributed by atoms with van der Waals surface area (Å²) in [4.78, 5) is 14.2. The monoisotopic (exact) mass is 278 g/mol. The maximum absolute atomic E-state index is 11.9. The molecule has 0 unspecified atom stereocenters. The highest BCUT2D eigenvalue weighted by atomic mass is 16.3. The van der Waals surface area contributed by atoms with E-state index in [1.54, 1.807) is 6.07 Å². The Morgan fingerprint density at radius 1 is 1.40 bits per heavy atom. The average Bonchev–Trinajstić information content (AvgIpc) is 2.40. The van der Waals surface area contributed by atoms with E-state index in [1.165, 1.54) is 25.0 Å². The molecule has 1 amide bonds. The minimum atomic E-state index is -0.00350. The second-order valence-corrected chi connectivity index (χ2v) is 5.42. The molecule has 3 N–H and O–H groups in total. The SMILES string of the molecule is CN1CCCC[C@@H]1CC(=O)NCc1ccc(O)cc1O.